The molecule has 1 aliphatic heterocycles. The van der Waals surface area contributed by atoms with E-state index in [0.717, 1.165) is 44.1 Å². The molecule has 1 aromatic carbocycles. The van der Waals surface area contributed by atoms with Crippen molar-refractivity contribution < 1.29 is 22.1 Å². The number of benzene rings is 1. The maximum absolute atomic E-state index is 14.2. The molecule has 2 atom stereocenters. The van der Waals surface area contributed by atoms with Crippen molar-refractivity contribution in [2.45, 2.75) is 57.3 Å². The predicted octanol–water partition coefficient (Wildman–Crippen LogP) is 4.45. The van der Waals surface area contributed by atoms with Gasteiger partial charge in [0.25, 0.3) is 0 Å². The van der Waals surface area contributed by atoms with Crippen molar-refractivity contribution in [3.63, 3.8) is 0 Å². The van der Waals surface area contributed by atoms with E-state index in [9.17, 15) is 12.8 Å². The van der Waals surface area contributed by atoms with E-state index < -0.39 is 15.7 Å². The van der Waals surface area contributed by atoms with Gasteiger partial charge in [0, 0.05) is 25.1 Å². The fourth-order valence-corrected chi connectivity index (χ4v) is 5.54. The van der Waals surface area contributed by atoms with Crippen LogP contribution in [0.4, 0.5) is 10.4 Å². The molecule has 176 valence electrons. The van der Waals surface area contributed by atoms with Gasteiger partial charge >= 0.3 is 6.01 Å². The minimum Gasteiger partial charge on any atom is -0.493 e. The lowest BCUT2D eigenvalue weighted by Crippen LogP contribution is -2.34. The van der Waals surface area contributed by atoms with Crippen molar-refractivity contribution in [1.29, 1.82) is 0 Å². The summed E-state index contributed by atoms with van der Waals surface area (Å²) in [4.78, 5) is 6.43. The number of anilines is 1. The Balaban J connectivity index is 1.20. The summed E-state index contributed by atoms with van der Waals surface area (Å²) in [5, 5.41) is 4.06. The van der Waals surface area contributed by atoms with Crippen LogP contribution >= 0.6 is 0 Å². The van der Waals surface area contributed by atoms with E-state index in [4.69, 9.17) is 9.26 Å². The molecule has 2 aromatic rings. The number of halogens is 1. The Morgan fingerprint density at radius 3 is 2.66 bits per heavy atom. The zero-order chi connectivity index (χ0) is 22.9. The lowest BCUT2D eigenvalue weighted by atomic mass is 9.90. The molecular formula is C23H32FN3O4S. The summed E-state index contributed by atoms with van der Waals surface area (Å²) in [6, 6.07) is 4.64. The number of nitrogens with zero attached hydrogens (tertiary/aromatic N) is 3. The SMILES string of the molecule is CCS(=O)(=O)c1ccc(OCCC2CC2C2CCN(c3nc(C(C)C)no3)CC2)cc1F. The molecule has 7 nitrogen and oxygen atoms in total. The Morgan fingerprint density at radius 2 is 2.03 bits per heavy atom. The van der Waals surface area contributed by atoms with E-state index in [0.29, 0.717) is 30.2 Å². The van der Waals surface area contributed by atoms with Crippen LogP contribution in [0.2, 0.25) is 0 Å². The molecule has 2 aliphatic rings. The van der Waals surface area contributed by atoms with Gasteiger partial charge in [0.2, 0.25) is 0 Å². The Kier molecular flexibility index (Phi) is 6.74. The quantitative estimate of drug-likeness (QED) is 0.541. The minimum atomic E-state index is -3.56. The zero-order valence-electron chi connectivity index (χ0n) is 19.0. The van der Waals surface area contributed by atoms with E-state index in [1.54, 1.807) is 0 Å². The van der Waals surface area contributed by atoms with E-state index >= 15 is 0 Å². The van der Waals surface area contributed by atoms with E-state index in [-0.39, 0.29) is 16.6 Å². The lowest BCUT2D eigenvalue weighted by molar-refractivity contribution is 0.281. The first-order valence-electron chi connectivity index (χ1n) is 11.5. The summed E-state index contributed by atoms with van der Waals surface area (Å²) in [7, 11) is -3.56. The molecule has 0 amide bonds. The van der Waals surface area contributed by atoms with Crippen LogP contribution in [-0.4, -0.2) is 44.0 Å². The molecule has 1 aliphatic carbocycles. The van der Waals surface area contributed by atoms with Crippen molar-refractivity contribution in [2.75, 3.05) is 30.3 Å². The van der Waals surface area contributed by atoms with Crippen LogP contribution in [0, 0.1) is 23.6 Å². The fourth-order valence-electron chi connectivity index (χ4n) is 4.60. The van der Waals surface area contributed by atoms with Crippen LogP contribution in [0.25, 0.3) is 0 Å². The number of sulfone groups is 1. The zero-order valence-corrected chi connectivity index (χ0v) is 19.8. The molecule has 4 rings (SSSR count). The molecule has 1 saturated carbocycles. The van der Waals surface area contributed by atoms with Crippen molar-refractivity contribution in [2.24, 2.45) is 17.8 Å². The fraction of sp³-hybridized carbons (Fsp3) is 0.652. The second-order valence-electron chi connectivity index (χ2n) is 9.21. The highest BCUT2D eigenvalue weighted by Crippen LogP contribution is 2.50. The average molecular weight is 466 g/mol. The molecule has 32 heavy (non-hydrogen) atoms. The molecule has 0 bridgehead atoms. The van der Waals surface area contributed by atoms with Crippen molar-refractivity contribution in [3.05, 3.63) is 29.8 Å². The maximum Gasteiger partial charge on any atom is 0.324 e. The summed E-state index contributed by atoms with van der Waals surface area (Å²) < 4.78 is 49.0. The van der Waals surface area contributed by atoms with Gasteiger partial charge in [-0.3, -0.25) is 0 Å². The second kappa shape index (κ2) is 9.37. The first-order chi connectivity index (χ1) is 15.3. The van der Waals surface area contributed by atoms with E-state index in [2.05, 4.69) is 28.9 Å². The summed E-state index contributed by atoms with van der Waals surface area (Å²) in [6.45, 7) is 8.01. The summed E-state index contributed by atoms with van der Waals surface area (Å²) in [5.41, 5.74) is 0. The van der Waals surface area contributed by atoms with Crippen molar-refractivity contribution in [1.82, 2.24) is 10.1 Å². The van der Waals surface area contributed by atoms with Gasteiger partial charge in [-0.25, -0.2) is 12.8 Å². The van der Waals surface area contributed by atoms with Crippen LogP contribution in [0.1, 0.15) is 58.2 Å². The Morgan fingerprint density at radius 1 is 1.28 bits per heavy atom. The van der Waals surface area contributed by atoms with Gasteiger partial charge in [-0.2, -0.15) is 4.98 Å². The molecule has 0 N–H and O–H groups in total. The van der Waals surface area contributed by atoms with Gasteiger partial charge in [0.05, 0.1) is 12.4 Å². The summed E-state index contributed by atoms with van der Waals surface area (Å²) >= 11 is 0. The molecule has 1 saturated heterocycles. The van der Waals surface area contributed by atoms with Gasteiger partial charge < -0.3 is 14.2 Å². The van der Waals surface area contributed by atoms with Gasteiger partial charge in [0.15, 0.2) is 15.7 Å². The van der Waals surface area contributed by atoms with Gasteiger partial charge in [-0.05, 0) is 55.6 Å². The van der Waals surface area contributed by atoms with Gasteiger partial charge in [-0.15, -0.1) is 0 Å². The average Bonchev–Trinajstić information content (AvgIpc) is 3.36. The molecule has 0 radical (unpaired) electrons. The Bertz CT molecular complexity index is 1030. The molecular weight excluding hydrogens is 433 g/mol. The van der Waals surface area contributed by atoms with Crippen molar-refractivity contribution >= 4 is 15.9 Å². The number of piperidine rings is 1. The maximum atomic E-state index is 14.2. The molecule has 2 heterocycles. The minimum absolute atomic E-state index is 0.125. The first kappa shape index (κ1) is 23.0. The number of rotatable bonds is 9. The van der Waals surface area contributed by atoms with E-state index in [1.807, 2.05) is 0 Å². The third kappa shape index (κ3) is 5.08. The molecule has 9 heteroatoms. The van der Waals surface area contributed by atoms with Gasteiger partial charge in [0.1, 0.15) is 16.5 Å². The number of aromatic nitrogens is 2. The monoisotopic (exact) mass is 465 g/mol. The highest BCUT2D eigenvalue weighted by molar-refractivity contribution is 7.91. The lowest BCUT2D eigenvalue weighted by Gasteiger charge is -2.30. The van der Waals surface area contributed by atoms with Crippen LogP contribution in [0.15, 0.2) is 27.6 Å². The third-order valence-corrected chi connectivity index (χ3v) is 8.48. The van der Waals surface area contributed by atoms with Crippen molar-refractivity contribution in [3.8, 4) is 5.75 Å². The predicted molar refractivity (Wildman–Crippen MR) is 119 cm³/mol. The highest BCUT2D eigenvalue weighted by atomic mass is 32.2. The second-order valence-corrected chi connectivity index (χ2v) is 11.5. The largest absolute Gasteiger partial charge is 0.493 e. The third-order valence-electron chi connectivity index (χ3n) is 6.72. The molecule has 0 spiro atoms. The smallest absolute Gasteiger partial charge is 0.324 e. The number of hydrogen-bond donors (Lipinski definition) is 0. The molecule has 2 unspecified atom stereocenters. The standard InChI is InChI=1S/C23H32FN3O4S/c1-4-32(28,29)21-6-5-18(14-20(21)24)30-12-9-17-13-19(17)16-7-10-27(11-8-16)23-25-22(15(2)3)26-31-23/h5-6,14-17,19H,4,7-13H2,1-3H3. The Labute approximate surface area is 189 Å². The highest BCUT2D eigenvalue weighted by Gasteiger charge is 2.43. The van der Waals surface area contributed by atoms with E-state index in [1.165, 1.54) is 31.5 Å². The number of ether oxygens (including phenoxy) is 1. The normalized spacial score (nSPS) is 21.8. The van der Waals surface area contributed by atoms with Crippen LogP contribution in [-0.2, 0) is 9.84 Å². The van der Waals surface area contributed by atoms with Crippen LogP contribution in [0.5, 0.6) is 5.75 Å². The topological polar surface area (TPSA) is 85.5 Å². The van der Waals surface area contributed by atoms with Crippen LogP contribution < -0.4 is 9.64 Å². The molecule has 2 fully saturated rings. The first-order valence-corrected chi connectivity index (χ1v) is 13.2. The summed E-state index contributed by atoms with van der Waals surface area (Å²) in [6.07, 6.45) is 4.40. The number of hydrogen-bond acceptors (Lipinski definition) is 7. The summed E-state index contributed by atoms with van der Waals surface area (Å²) in [5.74, 6) is 2.60. The molecule has 1 aromatic heterocycles. The van der Waals surface area contributed by atoms with Crippen LogP contribution in [0.3, 0.4) is 0 Å². The Hall–Kier alpha value is -2.16. The van der Waals surface area contributed by atoms with Gasteiger partial charge in [-0.1, -0.05) is 25.9 Å².